The Kier molecular flexibility index (Phi) is 7.35. The van der Waals surface area contributed by atoms with Crippen LogP contribution in [0.2, 0.25) is 10.0 Å². The summed E-state index contributed by atoms with van der Waals surface area (Å²) in [5.74, 6) is 0.839. The van der Waals surface area contributed by atoms with Crippen molar-refractivity contribution in [3.05, 3.63) is 69.7 Å². The van der Waals surface area contributed by atoms with Crippen molar-refractivity contribution in [3.63, 3.8) is 0 Å². The lowest BCUT2D eigenvalue weighted by molar-refractivity contribution is -0.121. The van der Waals surface area contributed by atoms with Crippen LogP contribution in [-0.2, 0) is 17.6 Å². The number of carbonyl (C=O) groups excluding carboxylic acids is 1. The number of likely N-dealkylation sites (tertiary alicyclic amines) is 1. The fourth-order valence-electron chi connectivity index (χ4n) is 5.08. The first-order valence-corrected chi connectivity index (χ1v) is 11.8. The SMILES string of the molecule is O=C(Cc1cccc(Cl)c1)N[C@@H]1CCC[C@H]1N1CCC(Cc2ccc(Cl)cc2)CC1. The summed E-state index contributed by atoms with van der Waals surface area (Å²) in [5.41, 5.74) is 2.35. The Hall–Kier alpha value is -1.55. The molecule has 0 unspecified atom stereocenters. The van der Waals surface area contributed by atoms with E-state index in [2.05, 4.69) is 22.3 Å². The number of benzene rings is 2. The highest BCUT2D eigenvalue weighted by Gasteiger charge is 2.34. The molecule has 160 valence electrons. The van der Waals surface area contributed by atoms with Crippen molar-refractivity contribution in [3.8, 4) is 0 Å². The molecule has 3 nitrogen and oxygen atoms in total. The van der Waals surface area contributed by atoms with E-state index < -0.39 is 0 Å². The Morgan fingerprint density at radius 3 is 2.43 bits per heavy atom. The minimum absolute atomic E-state index is 0.104. The minimum Gasteiger partial charge on any atom is -0.352 e. The Morgan fingerprint density at radius 2 is 1.70 bits per heavy atom. The van der Waals surface area contributed by atoms with Gasteiger partial charge in [-0.1, -0.05) is 47.5 Å². The highest BCUT2D eigenvalue weighted by Crippen LogP contribution is 2.30. The van der Waals surface area contributed by atoms with Crippen LogP contribution in [0.5, 0.6) is 0 Å². The van der Waals surface area contributed by atoms with Crippen molar-refractivity contribution in [2.75, 3.05) is 13.1 Å². The summed E-state index contributed by atoms with van der Waals surface area (Å²) >= 11 is 12.1. The zero-order chi connectivity index (χ0) is 20.9. The highest BCUT2D eigenvalue weighted by atomic mass is 35.5. The summed E-state index contributed by atoms with van der Waals surface area (Å²) in [4.78, 5) is 15.2. The van der Waals surface area contributed by atoms with Crippen LogP contribution in [0.15, 0.2) is 48.5 Å². The van der Waals surface area contributed by atoms with Gasteiger partial charge >= 0.3 is 0 Å². The molecule has 4 rings (SSSR count). The third kappa shape index (κ3) is 5.78. The zero-order valence-electron chi connectivity index (χ0n) is 17.3. The molecule has 1 aliphatic carbocycles. The van der Waals surface area contributed by atoms with Crippen LogP contribution in [0, 0.1) is 5.92 Å². The molecule has 1 saturated heterocycles. The van der Waals surface area contributed by atoms with E-state index in [1.807, 2.05) is 36.4 Å². The number of piperidine rings is 1. The molecule has 2 aromatic carbocycles. The van der Waals surface area contributed by atoms with Crippen LogP contribution >= 0.6 is 23.2 Å². The second kappa shape index (κ2) is 10.2. The van der Waals surface area contributed by atoms with E-state index in [1.165, 1.54) is 31.2 Å². The van der Waals surface area contributed by atoms with Crippen molar-refractivity contribution in [2.24, 2.45) is 5.92 Å². The van der Waals surface area contributed by atoms with Crippen molar-refractivity contribution < 1.29 is 4.79 Å². The van der Waals surface area contributed by atoms with E-state index >= 15 is 0 Å². The molecule has 1 aliphatic heterocycles. The molecule has 1 heterocycles. The van der Waals surface area contributed by atoms with Gasteiger partial charge in [0.1, 0.15) is 0 Å². The highest BCUT2D eigenvalue weighted by molar-refractivity contribution is 6.30. The van der Waals surface area contributed by atoms with Crippen LogP contribution in [-0.4, -0.2) is 36.0 Å². The number of nitrogens with one attached hydrogen (secondary N) is 1. The molecule has 2 aromatic rings. The Labute approximate surface area is 189 Å². The van der Waals surface area contributed by atoms with Gasteiger partial charge in [0.05, 0.1) is 6.42 Å². The Morgan fingerprint density at radius 1 is 0.933 bits per heavy atom. The number of halogens is 2. The lowest BCUT2D eigenvalue weighted by atomic mass is 9.89. The van der Waals surface area contributed by atoms with E-state index in [9.17, 15) is 4.79 Å². The number of nitrogens with zero attached hydrogens (tertiary/aromatic N) is 1. The van der Waals surface area contributed by atoms with Crippen LogP contribution in [0.25, 0.3) is 0 Å². The van der Waals surface area contributed by atoms with Crippen LogP contribution in [0.3, 0.4) is 0 Å². The average molecular weight is 445 g/mol. The Bertz CT molecular complexity index is 846. The fraction of sp³-hybridized carbons (Fsp3) is 0.480. The molecule has 2 aliphatic rings. The summed E-state index contributed by atoms with van der Waals surface area (Å²) in [6, 6.07) is 16.6. The van der Waals surface area contributed by atoms with Crippen molar-refractivity contribution >= 4 is 29.1 Å². The van der Waals surface area contributed by atoms with E-state index in [-0.39, 0.29) is 11.9 Å². The van der Waals surface area contributed by atoms with Gasteiger partial charge in [-0.3, -0.25) is 9.69 Å². The van der Waals surface area contributed by atoms with Crippen molar-refractivity contribution in [1.29, 1.82) is 0 Å². The van der Waals surface area contributed by atoms with E-state index in [0.717, 1.165) is 42.4 Å². The molecule has 2 atom stereocenters. The summed E-state index contributed by atoms with van der Waals surface area (Å²) in [6.07, 6.45) is 7.44. The number of rotatable bonds is 6. The second-order valence-electron chi connectivity index (χ2n) is 8.79. The van der Waals surface area contributed by atoms with Crippen LogP contribution in [0.4, 0.5) is 0 Å². The van der Waals surface area contributed by atoms with Gasteiger partial charge in [-0.2, -0.15) is 0 Å². The molecule has 0 aromatic heterocycles. The third-order valence-corrected chi connectivity index (χ3v) is 7.12. The standard InChI is InChI=1S/C25H30Cl2N2O/c26-21-9-7-18(8-10-21)15-19-11-13-29(14-12-19)24-6-2-5-23(24)28-25(30)17-20-3-1-4-22(27)16-20/h1,3-4,7-10,16,19,23-24H,2,5-6,11-15,17H2,(H,28,30)/t23-,24-/m1/s1. The maximum Gasteiger partial charge on any atom is 0.224 e. The first-order chi connectivity index (χ1) is 14.6. The molecule has 5 heteroatoms. The quantitative estimate of drug-likeness (QED) is 0.634. The molecule has 1 saturated carbocycles. The lowest BCUT2D eigenvalue weighted by Crippen LogP contribution is -2.51. The molecule has 2 fully saturated rings. The van der Waals surface area contributed by atoms with Gasteiger partial charge in [0.2, 0.25) is 5.91 Å². The zero-order valence-corrected chi connectivity index (χ0v) is 18.8. The third-order valence-electron chi connectivity index (χ3n) is 6.64. The first kappa shape index (κ1) is 21.7. The second-order valence-corrected chi connectivity index (χ2v) is 9.66. The molecule has 30 heavy (non-hydrogen) atoms. The lowest BCUT2D eigenvalue weighted by Gasteiger charge is -2.38. The van der Waals surface area contributed by atoms with Crippen molar-refractivity contribution in [2.45, 2.75) is 57.0 Å². The first-order valence-electron chi connectivity index (χ1n) is 11.1. The normalized spacial score (nSPS) is 22.9. The monoisotopic (exact) mass is 444 g/mol. The van der Waals surface area contributed by atoms with Gasteiger partial charge in [-0.15, -0.1) is 0 Å². The molecule has 0 spiro atoms. The van der Waals surface area contributed by atoms with Gasteiger partial charge in [0, 0.05) is 22.1 Å². The van der Waals surface area contributed by atoms with Crippen molar-refractivity contribution in [1.82, 2.24) is 10.2 Å². The maximum absolute atomic E-state index is 12.6. The number of carbonyl (C=O) groups is 1. The molecule has 1 amide bonds. The fourth-order valence-corrected chi connectivity index (χ4v) is 5.42. The van der Waals surface area contributed by atoms with Crippen LogP contribution in [0.1, 0.15) is 43.2 Å². The number of hydrogen-bond acceptors (Lipinski definition) is 2. The molecule has 0 radical (unpaired) electrons. The molecular weight excluding hydrogens is 415 g/mol. The average Bonchev–Trinajstić information content (AvgIpc) is 3.18. The van der Waals surface area contributed by atoms with Gasteiger partial charge < -0.3 is 5.32 Å². The van der Waals surface area contributed by atoms with E-state index in [0.29, 0.717) is 17.5 Å². The maximum atomic E-state index is 12.6. The summed E-state index contributed by atoms with van der Waals surface area (Å²) in [7, 11) is 0. The predicted molar refractivity (Wildman–Crippen MR) is 124 cm³/mol. The van der Waals surface area contributed by atoms with Gasteiger partial charge in [0.25, 0.3) is 0 Å². The van der Waals surface area contributed by atoms with Crippen LogP contribution < -0.4 is 5.32 Å². The van der Waals surface area contributed by atoms with Gasteiger partial charge in [-0.25, -0.2) is 0 Å². The smallest absolute Gasteiger partial charge is 0.224 e. The Balaban J connectivity index is 1.26. The van der Waals surface area contributed by atoms with Gasteiger partial charge in [-0.05, 0) is 92.9 Å². The topological polar surface area (TPSA) is 32.3 Å². The summed E-state index contributed by atoms with van der Waals surface area (Å²) < 4.78 is 0. The largest absolute Gasteiger partial charge is 0.352 e. The number of hydrogen-bond donors (Lipinski definition) is 1. The molecule has 1 N–H and O–H groups in total. The molecular formula is C25H30Cl2N2O. The summed E-state index contributed by atoms with van der Waals surface area (Å²) in [5, 5.41) is 4.80. The minimum atomic E-state index is 0.104. The molecule has 0 bridgehead atoms. The van der Waals surface area contributed by atoms with Gasteiger partial charge in [0.15, 0.2) is 0 Å². The predicted octanol–water partition coefficient (Wildman–Crippen LogP) is 5.53. The summed E-state index contributed by atoms with van der Waals surface area (Å²) in [6.45, 7) is 2.26. The van der Waals surface area contributed by atoms with E-state index in [4.69, 9.17) is 23.2 Å². The number of amides is 1. The van der Waals surface area contributed by atoms with E-state index in [1.54, 1.807) is 0 Å².